The molecule has 0 amide bonds. The van der Waals surface area contributed by atoms with Crippen LogP contribution in [0.25, 0.3) is 21.3 Å². The Morgan fingerprint density at radius 1 is 1.26 bits per heavy atom. The minimum Gasteiger partial charge on any atom is -0.494 e. The van der Waals surface area contributed by atoms with Crippen LogP contribution in [-0.4, -0.2) is 47.8 Å². The molecule has 8 heteroatoms. The van der Waals surface area contributed by atoms with Crippen LogP contribution in [-0.2, 0) is 12.8 Å². The molecule has 2 heterocycles. The molecule has 1 N–H and O–H groups in total. The zero-order chi connectivity index (χ0) is 21.2. The Morgan fingerprint density at radius 2 is 2.00 bits per heavy atom. The van der Waals surface area contributed by atoms with Gasteiger partial charge in [0.15, 0.2) is 5.75 Å². The summed E-state index contributed by atoms with van der Waals surface area (Å²) in [6.45, 7) is 0. The van der Waals surface area contributed by atoms with E-state index in [-0.39, 0.29) is 24.0 Å². The molecule has 0 aliphatic heterocycles. The van der Waals surface area contributed by atoms with Gasteiger partial charge in [-0.15, -0.1) is 23.7 Å². The summed E-state index contributed by atoms with van der Waals surface area (Å²) in [6, 6.07) is 6.67. The van der Waals surface area contributed by atoms with Gasteiger partial charge in [0.1, 0.15) is 5.56 Å². The van der Waals surface area contributed by atoms with Crippen molar-refractivity contribution in [2.45, 2.75) is 37.8 Å². The Bertz CT molecular complexity index is 1220. The number of pyridine rings is 1. The van der Waals surface area contributed by atoms with E-state index in [4.69, 9.17) is 4.74 Å². The third-order valence-corrected chi connectivity index (χ3v) is 7.52. The minimum atomic E-state index is -1.19. The van der Waals surface area contributed by atoms with Gasteiger partial charge < -0.3 is 19.3 Å². The van der Waals surface area contributed by atoms with E-state index >= 15 is 0 Å². The topological polar surface area (TPSA) is 71.8 Å². The van der Waals surface area contributed by atoms with Crippen molar-refractivity contribution in [3.8, 4) is 16.2 Å². The van der Waals surface area contributed by atoms with Crippen LogP contribution in [0.2, 0.25) is 0 Å². The second-order valence-corrected chi connectivity index (χ2v) is 9.58. The van der Waals surface area contributed by atoms with Crippen LogP contribution in [0.3, 0.4) is 0 Å². The minimum absolute atomic E-state index is 0. The molecule has 2 aliphatic rings. The quantitative estimate of drug-likeness (QED) is 0.617. The van der Waals surface area contributed by atoms with Crippen molar-refractivity contribution in [2.24, 2.45) is 0 Å². The van der Waals surface area contributed by atoms with E-state index in [1.165, 1.54) is 16.6 Å². The van der Waals surface area contributed by atoms with Crippen molar-refractivity contribution in [1.82, 2.24) is 9.47 Å². The molecule has 1 unspecified atom stereocenters. The Hall–Kier alpha value is -2.35. The summed E-state index contributed by atoms with van der Waals surface area (Å²) < 4.78 is 7.77. The van der Waals surface area contributed by atoms with Crippen LogP contribution >= 0.6 is 23.7 Å². The van der Waals surface area contributed by atoms with Crippen molar-refractivity contribution >= 4 is 40.6 Å². The highest BCUT2D eigenvalue weighted by atomic mass is 35.5. The number of halogens is 1. The molecule has 6 nitrogen and oxygen atoms in total. The van der Waals surface area contributed by atoms with Crippen LogP contribution in [0.15, 0.2) is 29.2 Å². The molecule has 1 fully saturated rings. The van der Waals surface area contributed by atoms with Crippen LogP contribution in [0, 0.1) is 0 Å². The highest BCUT2D eigenvalue weighted by Crippen LogP contribution is 2.45. The molecule has 1 aromatic carbocycles. The number of carboxylic acids is 1. The van der Waals surface area contributed by atoms with Gasteiger partial charge in [-0.05, 0) is 63.5 Å². The summed E-state index contributed by atoms with van der Waals surface area (Å²) in [6.07, 6.45) is 5.54. The van der Waals surface area contributed by atoms with Crippen LogP contribution < -0.4 is 10.2 Å². The van der Waals surface area contributed by atoms with Crippen molar-refractivity contribution in [1.29, 1.82) is 0 Å². The summed E-state index contributed by atoms with van der Waals surface area (Å²) in [5, 5.41) is 9.89. The lowest BCUT2D eigenvalue weighted by atomic mass is 10.0. The maximum Gasteiger partial charge on any atom is 0.341 e. The van der Waals surface area contributed by atoms with Crippen molar-refractivity contribution in [2.75, 3.05) is 21.2 Å². The number of ether oxygens (including phenoxy) is 1. The van der Waals surface area contributed by atoms with Crippen molar-refractivity contribution < 1.29 is 14.6 Å². The van der Waals surface area contributed by atoms with Crippen LogP contribution in [0.5, 0.6) is 5.75 Å². The monoisotopic (exact) mass is 460 g/mol. The number of methoxy groups -OCH3 is 1. The summed E-state index contributed by atoms with van der Waals surface area (Å²) in [5.41, 5.74) is 2.40. The van der Waals surface area contributed by atoms with E-state index in [0.29, 0.717) is 22.7 Å². The Labute approximate surface area is 190 Å². The number of carbonyl (C=O) groups is 1. The van der Waals surface area contributed by atoms with E-state index in [9.17, 15) is 14.7 Å². The smallest absolute Gasteiger partial charge is 0.341 e. The van der Waals surface area contributed by atoms with E-state index in [0.717, 1.165) is 36.1 Å². The summed E-state index contributed by atoms with van der Waals surface area (Å²) >= 11 is 1.79. The second kappa shape index (κ2) is 7.97. The number of likely N-dealkylation sites (N-methyl/N-ethyl adjacent to an activating group) is 1. The van der Waals surface area contributed by atoms with Gasteiger partial charge >= 0.3 is 5.97 Å². The molecular weight excluding hydrogens is 436 g/mol. The van der Waals surface area contributed by atoms with Gasteiger partial charge in [-0.1, -0.05) is 0 Å². The molecule has 164 valence electrons. The fraction of sp³-hybridized carbons (Fsp3) is 0.391. The number of benzene rings is 1. The van der Waals surface area contributed by atoms with E-state index in [2.05, 4.69) is 25.1 Å². The molecule has 0 spiro atoms. The first-order valence-corrected chi connectivity index (χ1v) is 11.0. The third-order valence-electron chi connectivity index (χ3n) is 6.29. The predicted octanol–water partition coefficient (Wildman–Crippen LogP) is 4.22. The standard InChI is InChI=1S/C23H24N2O4S.ClH/c1-24(2)14-8-12-9-19(30-18(12)10-14)15-6-7-16-20(22(15)29-3)25(13-4-5-13)11-17(21(16)26)23(27)28;/h6-7,9,11,13-14H,4-5,8,10H2,1-3H3,(H,27,28);1H. The molecule has 0 saturated heterocycles. The first-order chi connectivity index (χ1) is 14.4. The molecule has 0 bridgehead atoms. The molecule has 5 rings (SSSR count). The van der Waals surface area contributed by atoms with Gasteiger partial charge in [0, 0.05) is 33.6 Å². The SMILES string of the molecule is COc1c(-c2cc3c(s2)CC(N(C)C)C3)ccc2c(=O)c(C(=O)O)cn(C3CC3)c12.Cl. The molecule has 3 aromatic rings. The van der Waals surface area contributed by atoms with E-state index < -0.39 is 11.4 Å². The van der Waals surface area contributed by atoms with Crippen molar-refractivity contribution in [3.05, 3.63) is 50.6 Å². The molecule has 1 saturated carbocycles. The van der Waals surface area contributed by atoms with Crippen LogP contribution in [0.4, 0.5) is 0 Å². The molecule has 2 aromatic heterocycles. The highest BCUT2D eigenvalue weighted by Gasteiger charge is 2.30. The highest BCUT2D eigenvalue weighted by molar-refractivity contribution is 7.15. The number of carboxylic acid groups (broad SMARTS) is 1. The number of aromatic carboxylic acids is 1. The summed E-state index contributed by atoms with van der Waals surface area (Å²) in [5.74, 6) is -0.540. The lowest BCUT2D eigenvalue weighted by Crippen LogP contribution is -2.28. The number of nitrogens with zero attached hydrogens (tertiary/aromatic N) is 2. The maximum atomic E-state index is 12.8. The number of hydrogen-bond acceptors (Lipinski definition) is 5. The Balaban J connectivity index is 0.00000231. The summed E-state index contributed by atoms with van der Waals surface area (Å²) in [4.78, 5) is 29.3. The average Bonchev–Trinajstić information content (AvgIpc) is 3.35. The fourth-order valence-electron chi connectivity index (χ4n) is 4.46. The predicted molar refractivity (Wildman–Crippen MR) is 125 cm³/mol. The lowest BCUT2D eigenvalue weighted by Gasteiger charge is -2.18. The Kier molecular flexibility index (Phi) is 5.62. The third kappa shape index (κ3) is 3.54. The van der Waals surface area contributed by atoms with E-state index in [1.54, 1.807) is 24.5 Å². The molecular formula is C23H25ClN2O4S. The maximum absolute atomic E-state index is 12.8. The van der Waals surface area contributed by atoms with Crippen LogP contribution in [0.1, 0.15) is 39.7 Å². The first kappa shape index (κ1) is 21.9. The Morgan fingerprint density at radius 3 is 2.58 bits per heavy atom. The number of rotatable bonds is 5. The molecule has 31 heavy (non-hydrogen) atoms. The van der Waals surface area contributed by atoms with Gasteiger partial charge in [-0.3, -0.25) is 4.79 Å². The fourth-order valence-corrected chi connectivity index (χ4v) is 5.75. The normalized spacial score (nSPS) is 17.6. The second-order valence-electron chi connectivity index (χ2n) is 8.44. The summed E-state index contributed by atoms with van der Waals surface area (Å²) in [7, 11) is 5.86. The largest absolute Gasteiger partial charge is 0.494 e. The number of thiophene rings is 1. The van der Waals surface area contributed by atoms with Gasteiger partial charge in [-0.2, -0.15) is 0 Å². The van der Waals surface area contributed by atoms with Crippen molar-refractivity contribution in [3.63, 3.8) is 0 Å². The number of hydrogen-bond donors (Lipinski definition) is 1. The van der Waals surface area contributed by atoms with E-state index in [1.807, 2.05) is 10.6 Å². The molecule has 0 radical (unpaired) electrons. The molecule has 2 aliphatic carbocycles. The molecule has 1 atom stereocenters. The van der Waals surface area contributed by atoms with Gasteiger partial charge in [-0.25, -0.2) is 4.79 Å². The number of fused-ring (bicyclic) bond motifs is 2. The van der Waals surface area contributed by atoms with Gasteiger partial charge in [0.05, 0.1) is 18.0 Å². The lowest BCUT2D eigenvalue weighted by molar-refractivity contribution is 0.0695. The van der Waals surface area contributed by atoms with Gasteiger partial charge in [0.2, 0.25) is 5.43 Å². The first-order valence-electron chi connectivity index (χ1n) is 10.2. The zero-order valence-electron chi connectivity index (χ0n) is 17.7. The van der Waals surface area contributed by atoms with Gasteiger partial charge in [0.25, 0.3) is 0 Å². The number of aromatic nitrogens is 1. The average molecular weight is 461 g/mol. The zero-order valence-corrected chi connectivity index (χ0v) is 19.3.